The van der Waals surface area contributed by atoms with Crippen LogP contribution in [0.25, 0.3) is 10.9 Å². The van der Waals surface area contributed by atoms with E-state index in [2.05, 4.69) is 9.97 Å². The number of fused-ring (bicyclic) bond motifs is 1. The fourth-order valence-electron chi connectivity index (χ4n) is 2.70. The number of ether oxygens (including phenoxy) is 1. The average Bonchev–Trinajstić information content (AvgIpc) is 2.94. The van der Waals surface area contributed by atoms with Crippen molar-refractivity contribution in [1.29, 1.82) is 0 Å². The van der Waals surface area contributed by atoms with Crippen molar-refractivity contribution in [3.8, 4) is 5.75 Å². The van der Waals surface area contributed by atoms with Gasteiger partial charge in [-0.1, -0.05) is 0 Å². The Balaban J connectivity index is 1.55. The van der Waals surface area contributed by atoms with Crippen LogP contribution in [0, 0.1) is 0 Å². The van der Waals surface area contributed by atoms with Crippen LogP contribution in [0.4, 0.5) is 4.79 Å². The van der Waals surface area contributed by atoms with Gasteiger partial charge in [-0.25, -0.2) is 0 Å². The molecular weight excluding hydrogens is 350 g/mol. The molecule has 7 heteroatoms. The van der Waals surface area contributed by atoms with E-state index >= 15 is 0 Å². The molecule has 4 rings (SSSR count). The summed E-state index contributed by atoms with van der Waals surface area (Å²) in [7, 11) is 1.50. The summed E-state index contributed by atoms with van der Waals surface area (Å²) in [6, 6.07) is 11.3. The predicted octanol–water partition coefficient (Wildman–Crippen LogP) is 3.58. The number of likely N-dealkylation sites (N-methyl/N-ethyl adjacent to an activating group) is 1. The van der Waals surface area contributed by atoms with Crippen molar-refractivity contribution < 1.29 is 14.3 Å². The first-order valence-electron chi connectivity index (χ1n) is 8.01. The van der Waals surface area contributed by atoms with Crippen molar-refractivity contribution in [3.05, 3.63) is 66.1 Å². The van der Waals surface area contributed by atoms with Gasteiger partial charge >= 0.3 is 0 Å². The minimum Gasteiger partial charge on any atom is -0.489 e. The summed E-state index contributed by atoms with van der Waals surface area (Å²) in [6.45, 7) is 0.452. The normalized spacial score (nSPS) is 17.1. The van der Waals surface area contributed by atoms with Crippen LogP contribution in [-0.4, -0.2) is 33.1 Å². The van der Waals surface area contributed by atoms with Crippen LogP contribution >= 0.6 is 11.8 Å². The van der Waals surface area contributed by atoms with Gasteiger partial charge in [0, 0.05) is 37.1 Å². The fraction of sp³-hybridized carbons (Fsp3) is 0.158. The molecule has 0 bridgehead atoms. The largest absolute Gasteiger partial charge is 0.489 e. The van der Waals surface area contributed by atoms with E-state index in [0.29, 0.717) is 6.61 Å². The number of amides is 2. The molecule has 1 aliphatic rings. The third-order valence-corrected chi connectivity index (χ3v) is 5.37. The number of aromatic nitrogens is 2. The zero-order valence-electron chi connectivity index (χ0n) is 14.0. The summed E-state index contributed by atoms with van der Waals surface area (Å²) in [6.07, 6.45) is 5.11. The molecule has 130 valence electrons. The molecule has 3 heterocycles. The lowest BCUT2D eigenvalue weighted by Gasteiger charge is -2.10. The molecule has 0 aliphatic carbocycles. The van der Waals surface area contributed by atoms with Crippen LogP contribution in [0.2, 0.25) is 0 Å². The van der Waals surface area contributed by atoms with Crippen molar-refractivity contribution in [2.45, 2.75) is 11.9 Å². The van der Waals surface area contributed by atoms with Gasteiger partial charge in [-0.05, 0) is 53.2 Å². The van der Waals surface area contributed by atoms with Crippen molar-refractivity contribution in [3.63, 3.8) is 0 Å². The minimum absolute atomic E-state index is 0.210. The Labute approximate surface area is 154 Å². The molecule has 1 aliphatic heterocycles. The van der Waals surface area contributed by atoms with Gasteiger partial charge in [0.05, 0.1) is 5.52 Å². The zero-order chi connectivity index (χ0) is 18.1. The number of hydrogen-bond donors (Lipinski definition) is 0. The fourth-order valence-corrected chi connectivity index (χ4v) is 3.68. The maximum Gasteiger partial charge on any atom is 0.289 e. The number of thioether (sulfide) groups is 1. The summed E-state index contributed by atoms with van der Waals surface area (Å²) >= 11 is 1.02. The van der Waals surface area contributed by atoms with Gasteiger partial charge in [0.2, 0.25) is 5.91 Å². The van der Waals surface area contributed by atoms with Gasteiger partial charge in [-0.15, -0.1) is 0 Å². The maximum atomic E-state index is 12.2. The number of pyridine rings is 2. The molecule has 26 heavy (non-hydrogen) atoms. The predicted molar refractivity (Wildman–Crippen MR) is 98.8 cm³/mol. The van der Waals surface area contributed by atoms with E-state index in [1.54, 1.807) is 18.6 Å². The van der Waals surface area contributed by atoms with Crippen molar-refractivity contribution >= 4 is 33.8 Å². The molecule has 1 fully saturated rings. The van der Waals surface area contributed by atoms with Gasteiger partial charge in [-0.3, -0.25) is 24.5 Å². The SMILES string of the molecule is CN1C(=O)SC(c2cnc3cc(OCc4ccncc4)ccc3c2)C1=O. The number of imide groups is 1. The van der Waals surface area contributed by atoms with Crippen LogP contribution in [0.3, 0.4) is 0 Å². The summed E-state index contributed by atoms with van der Waals surface area (Å²) in [5.41, 5.74) is 2.54. The lowest BCUT2D eigenvalue weighted by Crippen LogP contribution is -2.24. The summed E-state index contributed by atoms with van der Waals surface area (Å²) < 4.78 is 5.80. The quantitative estimate of drug-likeness (QED) is 0.704. The first kappa shape index (κ1) is 16.5. The Hall–Kier alpha value is -2.93. The van der Waals surface area contributed by atoms with Crippen LogP contribution in [0.5, 0.6) is 5.75 Å². The number of benzene rings is 1. The monoisotopic (exact) mass is 365 g/mol. The molecule has 1 aromatic carbocycles. The highest BCUT2D eigenvalue weighted by molar-refractivity contribution is 8.14. The summed E-state index contributed by atoms with van der Waals surface area (Å²) in [5.74, 6) is 0.509. The van der Waals surface area contributed by atoms with E-state index in [9.17, 15) is 9.59 Å². The van der Waals surface area contributed by atoms with Gasteiger partial charge in [0.25, 0.3) is 5.24 Å². The minimum atomic E-state index is -0.521. The van der Waals surface area contributed by atoms with E-state index in [-0.39, 0.29) is 11.1 Å². The van der Waals surface area contributed by atoms with Crippen LogP contribution in [-0.2, 0) is 11.4 Å². The Morgan fingerprint density at radius 2 is 1.96 bits per heavy atom. The molecule has 6 nitrogen and oxygen atoms in total. The van der Waals surface area contributed by atoms with Gasteiger partial charge in [0.15, 0.2) is 0 Å². The highest BCUT2D eigenvalue weighted by atomic mass is 32.2. The first-order chi connectivity index (χ1) is 12.6. The van der Waals surface area contributed by atoms with E-state index in [1.807, 2.05) is 36.4 Å². The smallest absolute Gasteiger partial charge is 0.289 e. The highest BCUT2D eigenvalue weighted by Gasteiger charge is 2.38. The maximum absolute atomic E-state index is 12.2. The topological polar surface area (TPSA) is 72.4 Å². The third-order valence-electron chi connectivity index (χ3n) is 4.18. The van der Waals surface area contributed by atoms with Crippen molar-refractivity contribution in [1.82, 2.24) is 14.9 Å². The number of carbonyl (C=O) groups is 2. The van der Waals surface area contributed by atoms with Crippen LogP contribution in [0.15, 0.2) is 55.0 Å². The lowest BCUT2D eigenvalue weighted by molar-refractivity contribution is -0.125. The van der Waals surface area contributed by atoms with E-state index in [4.69, 9.17) is 4.74 Å². The number of nitrogens with zero attached hydrogens (tertiary/aromatic N) is 3. The van der Waals surface area contributed by atoms with E-state index < -0.39 is 5.25 Å². The average molecular weight is 365 g/mol. The second-order valence-corrected chi connectivity index (χ2v) is 6.98. The van der Waals surface area contributed by atoms with E-state index in [0.717, 1.165) is 44.4 Å². The molecule has 1 saturated heterocycles. The Bertz CT molecular complexity index is 994. The third kappa shape index (κ3) is 3.13. The van der Waals surface area contributed by atoms with Crippen molar-refractivity contribution in [2.75, 3.05) is 7.05 Å². The van der Waals surface area contributed by atoms with Gasteiger partial charge < -0.3 is 4.74 Å². The molecule has 3 aromatic rings. The second kappa shape index (κ2) is 6.76. The van der Waals surface area contributed by atoms with Gasteiger partial charge in [-0.2, -0.15) is 0 Å². The second-order valence-electron chi connectivity index (χ2n) is 5.93. The number of carbonyl (C=O) groups excluding carboxylic acids is 2. The summed E-state index contributed by atoms with van der Waals surface area (Å²) in [5, 5.41) is 0.140. The van der Waals surface area contributed by atoms with Gasteiger partial charge in [0.1, 0.15) is 17.6 Å². The Morgan fingerprint density at radius 1 is 1.15 bits per heavy atom. The standard InChI is InChI=1S/C19H15N3O3S/c1-22-18(23)17(26-19(22)24)14-8-13-2-3-15(9-16(13)21-10-14)25-11-12-4-6-20-7-5-12/h2-10,17H,11H2,1H3. The molecule has 1 unspecified atom stereocenters. The lowest BCUT2D eigenvalue weighted by atomic mass is 10.1. The molecule has 2 amide bonds. The number of rotatable bonds is 4. The van der Waals surface area contributed by atoms with Crippen LogP contribution < -0.4 is 4.74 Å². The van der Waals surface area contributed by atoms with E-state index in [1.165, 1.54) is 7.05 Å². The molecule has 1 atom stereocenters. The summed E-state index contributed by atoms with van der Waals surface area (Å²) in [4.78, 5) is 33.4. The Morgan fingerprint density at radius 3 is 2.69 bits per heavy atom. The molecule has 0 N–H and O–H groups in total. The molecular formula is C19H15N3O3S. The molecule has 0 radical (unpaired) electrons. The first-order valence-corrected chi connectivity index (χ1v) is 8.89. The zero-order valence-corrected chi connectivity index (χ0v) is 14.8. The molecule has 0 spiro atoms. The molecule has 0 saturated carbocycles. The van der Waals surface area contributed by atoms with Crippen molar-refractivity contribution in [2.24, 2.45) is 0 Å². The Kier molecular flexibility index (Phi) is 4.30. The number of hydrogen-bond acceptors (Lipinski definition) is 6. The van der Waals surface area contributed by atoms with Crippen LogP contribution in [0.1, 0.15) is 16.4 Å². The molecule has 2 aromatic heterocycles. The highest BCUT2D eigenvalue weighted by Crippen LogP contribution is 2.39.